The quantitative estimate of drug-likeness (QED) is 0.832. The molecule has 5 nitrogen and oxygen atoms in total. The lowest BCUT2D eigenvalue weighted by Crippen LogP contribution is -2.35. The van der Waals surface area contributed by atoms with Crippen molar-refractivity contribution < 1.29 is 18.3 Å². The average molecular weight is 295 g/mol. The lowest BCUT2D eigenvalue weighted by atomic mass is 10.2. The van der Waals surface area contributed by atoms with E-state index in [0.717, 1.165) is 28.1 Å². The summed E-state index contributed by atoms with van der Waals surface area (Å²) in [6, 6.07) is 9.04. The normalized spacial score (nSPS) is 15.8. The summed E-state index contributed by atoms with van der Waals surface area (Å²) in [6.07, 6.45) is 3.42. The fraction of sp³-hybridized carbons (Fsp3) is 0.357. The van der Waals surface area contributed by atoms with Gasteiger partial charge in [-0.25, -0.2) is 8.42 Å². The maximum atomic E-state index is 12.2. The van der Waals surface area contributed by atoms with Gasteiger partial charge in [0.2, 0.25) is 10.0 Å². The number of carboxylic acid groups (broad SMARTS) is 1. The fourth-order valence-electron chi connectivity index (χ4n) is 1.81. The first-order valence-corrected chi connectivity index (χ1v) is 7.93. The van der Waals surface area contributed by atoms with Crippen molar-refractivity contribution in [2.75, 3.05) is 13.1 Å². The van der Waals surface area contributed by atoms with Gasteiger partial charge in [-0.15, -0.1) is 0 Å². The van der Waals surface area contributed by atoms with Crippen LogP contribution >= 0.6 is 0 Å². The lowest BCUT2D eigenvalue weighted by molar-refractivity contribution is -0.137. The number of benzene rings is 1. The summed E-state index contributed by atoms with van der Waals surface area (Å²) in [5.74, 6) is -0.836. The monoisotopic (exact) mass is 295 g/mol. The van der Waals surface area contributed by atoms with E-state index in [9.17, 15) is 13.2 Å². The minimum absolute atomic E-state index is 0.285. The molecule has 0 aliphatic heterocycles. The van der Waals surface area contributed by atoms with Crippen LogP contribution in [0.4, 0.5) is 0 Å². The Morgan fingerprint density at radius 1 is 1.30 bits per heavy atom. The average Bonchev–Trinajstić information content (AvgIpc) is 3.20. The van der Waals surface area contributed by atoms with Gasteiger partial charge in [0.25, 0.3) is 0 Å². The molecule has 0 atom stereocenters. The first-order chi connectivity index (χ1) is 9.47. The molecule has 0 heterocycles. The van der Waals surface area contributed by atoms with E-state index in [0.29, 0.717) is 5.92 Å². The van der Waals surface area contributed by atoms with Crippen molar-refractivity contribution in [3.8, 4) is 0 Å². The van der Waals surface area contributed by atoms with Crippen molar-refractivity contribution in [1.29, 1.82) is 0 Å². The second-order valence-electron chi connectivity index (χ2n) is 4.89. The Kier molecular flexibility index (Phi) is 4.57. The summed E-state index contributed by atoms with van der Waals surface area (Å²) in [7, 11) is -3.70. The van der Waals surface area contributed by atoms with Gasteiger partial charge in [-0.3, -0.25) is 4.79 Å². The third-order valence-corrected chi connectivity index (χ3v) is 4.54. The molecule has 0 amide bonds. The van der Waals surface area contributed by atoms with Crippen LogP contribution in [-0.2, 0) is 14.8 Å². The Labute approximate surface area is 118 Å². The second-order valence-corrected chi connectivity index (χ2v) is 6.71. The highest BCUT2D eigenvalue weighted by atomic mass is 32.2. The highest BCUT2D eigenvalue weighted by Crippen LogP contribution is 2.30. The molecule has 0 aromatic heterocycles. The first kappa shape index (κ1) is 14.7. The summed E-state index contributed by atoms with van der Waals surface area (Å²) < 4.78 is 25.4. The van der Waals surface area contributed by atoms with Crippen LogP contribution in [0.15, 0.2) is 35.7 Å². The molecule has 0 bridgehead atoms. The lowest BCUT2D eigenvalue weighted by Gasteiger charge is -2.17. The molecule has 0 radical (unpaired) electrons. The summed E-state index contributed by atoms with van der Waals surface area (Å²) >= 11 is 0. The molecule has 1 saturated carbocycles. The Bertz CT molecular complexity index is 591. The van der Waals surface area contributed by atoms with Crippen LogP contribution in [0.3, 0.4) is 0 Å². The number of carbonyl (C=O) groups is 1. The molecule has 20 heavy (non-hydrogen) atoms. The van der Waals surface area contributed by atoms with E-state index in [-0.39, 0.29) is 6.54 Å². The number of carboxylic acids is 1. The Hall–Kier alpha value is -1.66. The van der Waals surface area contributed by atoms with Gasteiger partial charge < -0.3 is 5.11 Å². The zero-order chi connectivity index (χ0) is 14.6. The number of hydrogen-bond acceptors (Lipinski definition) is 3. The van der Waals surface area contributed by atoms with Crippen LogP contribution in [0.1, 0.15) is 18.4 Å². The Morgan fingerprint density at radius 3 is 2.50 bits per heavy atom. The van der Waals surface area contributed by atoms with Gasteiger partial charge in [0.05, 0.1) is 0 Å². The van der Waals surface area contributed by atoms with E-state index in [2.05, 4.69) is 0 Å². The predicted octanol–water partition coefficient (Wildman–Crippen LogP) is 1.78. The minimum Gasteiger partial charge on any atom is -0.480 e. The fourth-order valence-corrected chi connectivity index (χ4v) is 3.02. The van der Waals surface area contributed by atoms with Crippen molar-refractivity contribution >= 4 is 22.1 Å². The highest BCUT2D eigenvalue weighted by molar-refractivity contribution is 7.92. The van der Waals surface area contributed by atoms with Crippen LogP contribution in [-0.4, -0.2) is 36.9 Å². The molecule has 1 aromatic rings. The van der Waals surface area contributed by atoms with Gasteiger partial charge in [0.15, 0.2) is 0 Å². The van der Waals surface area contributed by atoms with E-state index in [4.69, 9.17) is 5.11 Å². The maximum absolute atomic E-state index is 12.2. The highest BCUT2D eigenvalue weighted by Gasteiger charge is 2.30. The largest absolute Gasteiger partial charge is 0.480 e. The van der Waals surface area contributed by atoms with E-state index in [1.807, 2.05) is 18.2 Å². The van der Waals surface area contributed by atoms with Crippen LogP contribution in [0.25, 0.3) is 6.08 Å². The standard InChI is InChI=1S/C14H17NO4S/c16-14(17)11-15(10-13-6-7-13)20(18,19)9-8-12-4-2-1-3-5-12/h1-5,8-9,13H,6-7,10-11H2,(H,16,17)/b9-8+. The molecular weight excluding hydrogens is 278 g/mol. The molecule has 1 aliphatic carbocycles. The zero-order valence-corrected chi connectivity index (χ0v) is 11.8. The number of rotatable bonds is 7. The van der Waals surface area contributed by atoms with E-state index < -0.39 is 22.5 Å². The van der Waals surface area contributed by atoms with Crippen LogP contribution < -0.4 is 0 Å². The molecule has 2 rings (SSSR count). The van der Waals surface area contributed by atoms with Gasteiger partial charge >= 0.3 is 5.97 Å². The Morgan fingerprint density at radius 2 is 1.95 bits per heavy atom. The summed E-state index contributed by atoms with van der Waals surface area (Å²) in [5, 5.41) is 9.91. The third-order valence-electron chi connectivity index (χ3n) is 3.06. The molecule has 0 spiro atoms. The number of sulfonamides is 1. The van der Waals surface area contributed by atoms with Crippen LogP contribution in [0.5, 0.6) is 0 Å². The minimum atomic E-state index is -3.70. The zero-order valence-electron chi connectivity index (χ0n) is 11.0. The van der Waals surface area contributed by atoms with Crippen molar-refractivity contribution in [1.82, 2.24) is 4.31 Å². The van der Waals surface area contributed by atoms with Crippen molar-refractivity contribution in [2.24, 2.45) is 5.92 Å². The molecular formula is C14H17NO4S. The molecule has 1 N–H and O–H groups in total. The number of nitrogens with zero attached hydrogens (tertiary/aromatic N) is 1. The molecule has 1 aliphatic rings. The first-order valence-electron chi connectivity index (χ1n) is 6.42. The van der Waals surface area contributed by atoms with Gasteiger partial charge in [-0.1, -0.05) is 30.3 Å². The van der Waals surface area contributed by atoms with Gasteiger partial charge in [-0.05, 0) is 30.4 Å². The Balaban J connectivity index is 2.12. The van der Waals surface area contributed by atoms with Crippen molar-refractivity contribution in [3.63, 3.8) is 0 Å². The van der Waals surface area contributed by atoms with E-state index >= 15 is 0 Å². The van der Waals surface area contributed by atoms with Gasteiger partial charge in [-0.2, -0.15) is 4.31 Å². The second kappa shape index (κ2) is 6.19. The molecule has 0 saturated heterocycles. The third kappa shape index (κ3) is 4.47. The summed E-state index contributed by atoms with van der Waals surface area (Å²) in [5.41, 5.74) is 0.762. The SMILES string of the molecule is O=C(O)CN(CC1CC1)S(=O)(=O)/C=C/c1ccccc1. The van der Waals surface area contributed by atoms with Crippen molar-refractivity contribution in [2.45, 2.75) is 12.8 Å². The van der Waals surface area contributed by atoms with Gasteiger partial charge in [0, 0.05) is 12.0 Å². The smallest absolute Gasteiger partial charge is 0.318 e. The van der Waals surface area contributed by atoms with Gasteiger partial charge in [0.1, 0.15) is 6.54 Å². The molecule has 108 valence electrons. The van der Waals surface area contributed by atoms with Crippen LogP contribution in [0, 0.1) is 5.92 Å². The molecule has 1 fully saturated rings. The topological polar surface area (TPSA) is 74.7 Å². The van der Waals surface area contributed by atoms with Crippen molar-refractivity contribution in [3.05, 3.63) is 41.3 Å². The van der Waals surface area contributed by atoms with E-state index in [1.165, 1.54) is 6.08 Å². The maximum Gasteiger partial charge on any atom is 0.318 e. The van der Waals surface area contributed by atoms with Crippen LogP contribution in [0.2, 0.25) is 0 Å². The molecule has 1 aromatic carbocycles. The molecule has 0 unspecified atom stereocenters. The number of aliphatic carboxylic acids is 1. The predicted molar refractivity (Wildman–Crippen MR) is 76.3 cm³/mol. The van der Waals surface area contributed by atoms with E-state index in [1.54, 1.807) is 12.1 Å². The summed E-state index contributed by atoms with van der Waals surface area (Å²) in [4.78, 5) is 10.8. The summed E-state index contributed by atoms with van der Waals surface area (Å²) in [6.45, 7) is -0.203. The molecule has 6 heteroatoms. The number of hydrogen-bond donors (Lipinski definition) is 1.